The van der Waals surface area contributed by atoms with Crippen LogP contribution in [0, 0.1) is 0 Å². The minimum atomic E-state index is -1.79. The number of benzene rings is 1. The van der Waals surface area contributed by atoms with E-state index < -0.39 is 11.0 Å². The van der Waals surface area contributed by atoms with Gasteiger partial charge in [0, 0.05) is 23.2 Å². The van der Waals surface area contributed by atoms with Crippen molar-refractivity contribution in [3.8, 4) is 22.5 Å². The average Bonchev–Trinajstić information content (AvgIpc) is 3.19. The minimum absolute atomic E-state index is 0.290. The van der Waals surface area contributed by atoms with Gasteiger partial charge in [-0.3, -0.25) is 4.72 Å². The number of rotatable bonds is 8. The molecule has 0 spiro atoms. The van der Waals surface area contributed by atoms with E-state index in [4.69, 9.17) is 16.6 Å². The number of nitrogen functional groups attached to an aromatic ring is 1. The molecule has 2 aromatic heterocycles. The molecule has 0 saturated heterocycles. The van der Waals surface area contributed by atoms with Gasteiger partial charge in [0.1, 0.15) is 16.8 Å². The van der Waals surface area contributed by atoms with E-state index in [1.807, 2.05) is 12.1 Å². The molecule has 0 aliphatic carbocycles. The molecular formula is C15H19N9OS2. The Kier molecular flexibility index (Phi) is 6.47. The Hall–Kier alpha value is -2.38. The highest BCUT2D eigenvalue weighted by atomic mass is 32.2. The number of hydrogen-bond acceptors (Lipinski definition) is 9. The van der Waals surface area contributed by atoms with E-state index in [1.165, 1.54) is 11.9 Å². The minimum Gasteiger partial charge on any atom is -0.384 e. The number of pyridine rings is 1. The number of anilines is 1. The fourth-order valence-corrected chi connectivity index (χ4v) is 4.27. The molecule has 0 radical (unpaired) electrons. The first kappa shape index (κ1) is 19.4. The van der Waals surface area contributed by atoms with Crippen molar-refractivity contribution in [3.05, 3.63) is 30.5 Å². The van der Waals surface area contributed by atoms with Crippen molar-refractivity contribution < 1.29 is 4.21 Å². The second kappa shape index (κ2) is 9.01. The maximum absolute atomic E-state index is 12.4. The molecule has 1 atom stereocenters. The molecular weight excluding hydrogens is 386 g/mol. The van der Waals surface area contributed by atoms with E-state index in [0.717, 1.165) is 17.5 Å². The quantitative estimate of drug-likeness (QED) is 0.263. The Morgan fingerprint density at radius 1 is 1.30 bits per heavy atom. The summed E-state index contributed by atoms with van der Waals surface area (Å²) in [6.07, 6.45) is 2.42. The summed E-state index contributed by atoms with van der Waals surface area (Å²) in [6, 6.07) is 7.23. The standard InChI is InChI=1S/C15H19N9OS2/c16-5-1-6-20-26-11-3-2-10(9-4-7-19-12(17)8-9)13(14(11)27(18)25)15-21-23-24-22-15/h2-4,7-8,20H,1,5-6,16,18H2,(H2,17,19)(H,21,22,23,24). The van der Waals surface area contributed by atoms with Crippen LogP contribution in [-0.4, -0.2) is 42.9 Å². The summed E-state index contributed by atoms with van der Waals surface area (Å²) in [4.78, 5) is 5.13. The van der Waals surface area contributed by atoms with E-state index in [2.05, 4.69) is 30.3 Å². The van der Waals surface area contributed by atoms with Gasteiger partial charge in [0.05, 0.1) is 4.90 Å². The summed E-state index contributed by atoms with van der Waals surface area (Å²) in [5, 5.41) is 20.0. The van der Waals surface area contributed by atoms with Gasteiger partial charge in [0.2, 0.25) is 5.82 Å². The van der Waals surface area contributed by atoms with Crippen LogP contribution in [-0.2, 0) is 11.0 Å². The third-order valence-corrected chi connectivity index (χ3v) is 5.51. The highest BCUT2D eigenvalue weighted by Crippen LogP contribution is 2.39. The first-order chi connectivity index (χ1) is 13.1. The normalized spacial score (nSPS) is 12.2. The summed E-state index contributed by atoms with van der Waals surface area (Å²) >= 11 is 1.33. The Morgan fingerprint density at radius 3 is 2.81 bits per heavy atom. The van der Waals surface area contributed by atoms with Gasteiger partial charge in [0.15, 0.2) is 0 Å². The molecule has 1 unspecified atom stereocenters. The molecule has 142 valence electrons. The molecule has 1 aromatic carbocycles. The lowest BCUT2D eigenvalue weighted by Gasteiger charge is -2.15. The zero-order chi connectivity index (χ0) is 19.2. The van der Waals surface area contributed by atoms with Crippen LogP contribution in [0.1, 0.15) is 6.42 Å². The summed E-state index contributed by atoms with van der Waals surface area (Å²) in [7, 11) is -1.79. The molecule has 3 aromatic rings. The monoisotopic (exact) mass is 405 g/mol. The zero-order valence-corrected chi connectivity index (χ0v) is 15.9. The number of aromatic nitrogens is 5. The summed E-state index contributed by atoms with van der Waals surface area (Å²) in [5.74, 6) is 0.655. The van der Waals surface area contributed by atoms with Gasteiger partial charge in [0.25, 0.3) is 0 Å². The van der Waals surface area contributed by atoms with Crippen LogP contribution in [0.15, 0.2) is 40.3 Å². The summed E-state index contributed by atoms with van der Waals surface area (Å²) in [5.41, 5.74) is 13.4. The molecule has 27 heavy (non-hydrogen) atoms. The topological polar surface area (TPSA) is 175 Å². The van der Waals surface area contributed by atoms with Crippen LogP contribution in [0.3, 0.4) is 0 Å². The molecule has 0 fully saturated rings. The smallest absolute Gasteiger partial charge is 0.206 e. The molecule has 0 amide bonds. The van der Waals surface area contributed by atoms with Gasteiger partial charge in [-0.05, 0) is 59.5 Å². The molecule has 0 bridgehead atoms. The van der Waals surface area contributed by atoms with Gasteiger partial charge in [-0.1, -0.05) is 6.07 Å². The lowest BCUT2D eigenvalue weighted by atomic mass is 10.00. The van der Waals surface area contributed by atoms with Crippen molar-refractivity contribution in [1.29, 1.82) is 0 Å². The first-order valence-electron chi connectivity index (χ1n) is 8.00. The molecule has 0 aliphatic rings. The van der Waals surface area contributed by atoms with Crippen molar-refractivity contribution in [3.63, 3.8) is 0 Å². The lowest BCUT2D eigenvalue weighted by molar-refractivity contribution is 0.683. The zero-order valence-electron chi connectivity index (χ0n) is 14.3. The van der Waals surface area contributed by atoms with E-state index >= 15 is 0 Å². The Bertz CT molecular complexity index is 933. The van der Waals surface area contributed by atoms with Crippen LogP contribution in [0.4, 0.5) is 5.82 Å². The highest BCUT2D eigenvalue weighted by molar-refractivity contribution is 7.98. The van der Waals surface area contributed by atoms with E-state index in [0.29, 0.717) is 40.1 Å². The van der Waals surface area contributed by atoms with Crippen LogP contribution >= 0.6 is 11.9 Å². The average molecular weight is 406 g/mol. The van der Waals surface area contributed by atoms with E-state index in [1.54, 1.807) is 18.3 Å². The maximum atomic E-state index is 12.4. The van der Waals surface area contributed by atoms with Crippen molar-refractivity contribution in [2.75, 3.05) is 18.8 Å². The van der Waals surface area contributed by atoms with Crippen LogP contribution < -0.4 is 21.3 Å². The van der Waals surface area contributed by atoms with Crippen LogP contribution in [0.5, 0.6) is 0 Å². The van der Waals surface area contributed by atoms with Gasteiger partial charge >= 0.3 is 0 Å². The number of aromatic amines is 1. The van der Waals surface area contributed by atoms with Gasteiger partial charge < -0.3 is 11.5 Å². The molecule has 0 saturated carbocycles. The lowest BCUT2D eigenvalue weighted by Crippen LogP contribution is -2.13. The third kappa shape index (κ3) is 4.48. The van der Waals surface area contributed by atoms with Gasteiger partial charge in [-0.25, -0.2) is 14.3 Å². The number of tetrazole rings is 1. The van der Waals surface area contributed by atoms with Crippen molar-refractivity contribution >= 4 is 28.8 Å². The highest BCUT2D eigenvalue weighted by Gasteiger charge is 2.23. The molecule has 12 heteroatoms. The van der Waals surface area contributed by atoms with Crippen LogP contribution in [0.25, 0.3) is 22.5 Å². The Morgan fingerprint density at radius 2 is 2.15 bits per heavy atom. The van der Waals surface area contributed by atoms with Gasteiger partial charge in [-0.2, -0.15) is 5.21 Å². The number of hydrogen-bond donors (Lipinski definition) is 5. The van der Waals surface area contributed by atoms with Crippen LogP contribution in [0.2, 0.25) is 0 Å². The van der Waals surface area contributed by atoms with E-state index in [-0.39, 0.29) is 0 Å². The predicted molar refractivity (Wildman–Crippen MR) is 105 cm³/mol. The molecule has 3 rings (SSSR count). The van der Waals surface area contributed by atoms with Gasteiger partial charge in [-0.15, -0.1) is 10.2 Å². The largest absolute Gasteiger partial charge is 0.384 e. The number of nitrogens with two attached hydrogens (primary N) is 3. The predicted octanol–water partition coefficient (Wildman–Crippen LogP) is 0.438. The Labute approximate surface area is 162 Å². The second-order valence-corrected chi connectivity index (χ2v) is 7.39. The van der Waals surface area contributed by atoms with E-state index in [9.17, 15) is 4.21 Å². The Balaban J connectivity index is 2.15. The number of nitrogens with one attached hydrogen (secondary N) is 2. The van der Waals surface area contributed by atoms with Crippen molar-refractivity contribution in [1.82, 2.24) is 30.3 Å². The fourth-order valence-electron chi connectivity index (χ4n) is 2.49. The first-order valence-corrected chi connectivity index (χ1v) is 10.0. The summed E-state index contributed by atoms with van der Waals surface area (Å²) in [6.45, 7) is 1.29. The maximum Gasteiger partial charge on any atom is 0.206 e. The van der Waals surface area contributed by atoms with Crippen molar-refractivity contribution in [2.45, 2.75) is 16.2 Å². The third-order valence-electron chi connectivity index (χ3n) is 3.65. The summed E-state index contributed by atoms with van der Waals surface area (Å²) < 4.78 is 15.6. The molecule has 0 aliphatic heterocycles. The molecule has 8 N–H and O–H groups in total. The molecule has 2 heterocycles. The molecule has 10 nitrogen and oxygen atoms in total. The number of nitrogens with zero attached hydrogens (tertiary/aromatic N) is 4. The van der Waals surface area contributed by atoms with Crippen molar-refractivity contribution in [2.24, 2.45) is 10.9 Å². The number of H-pyrrole nitrogens is 1. The fraction of sp³-hybridized carbons (Fsp3) is 0.200. The SMILES string of the molecule is NCCCNSc1ccc(-c2ccnc(N)c2)c(-c2nn[nH]n2)c1S(N)=O. The second-order valence-electron chi connectivity index (χ2n) is 5.46.